The molecule has 0 heterocycles. The molecule has 0 saturated carbocycles. The summed E-state index contributed by atoms with van der Waals surface area (Å²) in [6, 6.07) is -0.479. The van der Waals surface area contributed by atoms with E-state index in [9.17, 15) is 4.79 Å². The van der Waals surface area contributed by atoms with Crippen LogP contribution in [0.4, 0.5) is 0 Å². The third-order valence-electron chi connectivity index (χ3n) is 2.12. The zero-order chi connectivity index (χ0) is 17.1. The fourth-order valence-electron chi connectivity index (χ4n) is 1.69. The lowest BCUT2D eigenvalue weighted by atomic mass is 10.2. The van der Waals surface area contributed by atoms with Crippen molar-refractivity contribution in [1.82, 2.24) is 4.98 Å². The topological polar surface area (TPSA) is 71.4 Å². The van der Waals surface area contributed by atoms with E-state index in [1.165, 1.54) is 0 Å². The van der Waals surface area contributed by atoms with E-state index in [1.807, 2.05) is 39.3 Å². The van der Waals surface area contributed by atoms with Gasteiger partial charge in [0.25, 0.3) is 0 Å². The van der Waals surface area contributed by atoms with Crippen LogP contribution in [0.1, 0.15) is 6.42 Å². The number of hydrogen-bond donors (Lipinski definition) is 2. The van der Waals surface area contributed by atoms with E-state index in [0.717, 1.165) is 0 Å². The molecule has 2 N–H and O–H groups in total. The van der Waals surface area contributed by atoms with Gasteiger partial charge in [-0.25, -0.2) is 0 Å². The Kier molecular flexibility index (Phi) is 7.05. The van der Waals surface area contributed by atoms with Gasteiger partial charge < -0.3 is 13.8 Å². The largest absolute Gasteiger partial charge is 0.535 e. The molecule has 124 valence electrons. The summed E-state index contributed by atoms with van der Waals surface area (Å²) in [6.45, 7) is 18.4. The van der Waals surface area contributed by atoms with E-state index >= 15 is 0 Å². The first-order valence-electron chi connectivity index (χ1n) is 7.36. The lowest BCUT2D eigenvalue weighted by Gasteiger charge is -2.29. The Hall–Kier alpha value is -0.449. The molecule has 0 aromatic rings. The molecular formula is C13H32N2O3Si3. The third kappa shape index (κ3) is 11.8. The third-order valence-corrected chi connectivity index (χ3v) is 5.00. The fourth-order valence-corrected chi connectivity index (χ4v) is 4.52. The molecule has 0 radical (unpaired) electrons. The van der Waals surface area contributed by atoms with Gasteiger partial charge in [0.05, 0.1) is 0 Å². The van der Waals surface area contributed by atoms with Crippen LogP contribution in [-0.2, 0) is 13.6 Å². The molecular weight excluding hydrogens is 316 g/mol. The summed E-state index contributed by atoms with van der Waals surface area (Å²) in [7, 11) is -5.41. The molecule has 0 amide bonds. The Morgan fingerprint density at radius 1 is 0.952 bits per heavy atom. The monoisotopic (exact) mass is 348 g/mol. The lowest BCUT2D eigenvalue weighted by Crippen LogP contribution is -2.54. The molecule has 0 bridgehead atoms. The molecule has 0 fully saturated rings. The van der Waals surface area contributed by atoms with Gasteiger partial charge in [0.2, 0.25) is 16.6 Å². The van der Waals surface area contributed by atoms with Crippen LogP contribution < -0.4 is 4.98 Å². The highest BCUT2D eigenvalue weighted by Gasteiger charge is 2.32. The van der Waals surface area contributed by atoms with Crippen LogP contribution in [0.5, 0.6) is 0 Å². The Balaban J connectivity index is 4.91. The van der Waals surface area contributed by atoms with Crippen molar-refractivity contribution in [2.24, 2.45) is 0 Å². The maximum absolute atomic E-state index is 12.4. The molecule has 0 aliphatic carbocycles. The van der Waals surface area contributed by atoms with Crippen molar-refractivity contribution in [2.75, 3.05) is 0 Å². The Morgan fingerprint density at radius 2 is 1.38 bits per heavy atom. The normalized spacial score (nSPS) is 14.5. The predicted molar refractivity (Wildman–Crippen MR) is 96.5 cm³/mol. The number of nitrogens with one attached hydrogen (secondary N) is 2. The van der Waals surface area contributed by atoms with Crippen LogP contribution >= 0.6 is 0 Å². The molecule has 0 unspecified atom stereocenters. The average molecular weight is 349 g/mol. The van der Waals surface area contributed by atoms with Crippen molar-refractivity contribution in [2.45, 2.75) is 71.4 Å². The van der Waals surface area contributed by atoms with Gasteiger partial charge in [-0.2, -0.15) is 0 Å². The van der Waals surface area contributed by atoms with Crippen molar-refractivity contribution in [1.29, 1.82) is 5.41 Å². The maximum atomic E-state index is 12.4. The van der Waals surface area contributed by atoms with Crippen molar-refractivity contribution in [3.63, 3.8) is 0 Å². The molecule has 5 nitrogen and oxygen atoms in total. The predicted octanol–water partition coefficient (Wildman–Crippen LogP) is 3.38. The molecule has 21 heavy (non-hydrogen) atoms. The summed E-state index contributed by atoms with van der Waals surface area (Å²) in [5.41, 5.74) is 0. The second kappa shape index (κ2) is 7.21. The Bertz CT molecular complexity index is 382. The summed E-state index contributed by atoms with van der Waals surface area (Å²) in [4.78, 5) is 15.7. The zero-order valence-electron chi connectivity index (χ0n) is 15.0. The Morgan fingerprint density at radius 3 is 1.71 bits per heavy atom. The molecule has 0 spiro atoms. The SMILES string of the molecule is C[Si](C)(C)N[C@@H](CC(=N)O[Si](C)(C)C)C(=O)O[Si](C)(C)C. The number of carbonyl (C=O) groups is 1. The van der Waals surface area contributed by atoms with Crippen LogP contribution in [0.2, 0.25) is 58.9 Å². The van der Waals surface area contributed by atoms with Crippen LogP contribution in [0, 0.1) is 5.41 Å². The highest BCUT2D eigenvalue weighted by Crippen LogP contribution is 2.12. The van der Waals surface area contributed by atoms with Crippen molar-refractivity contribution >= 4 is 36.7 Å². The van der Waals surface area contributed by atoms with Gasteiger partial charge in [-0.3, -0.25) is 10.2 Å². The molecule has 0 aliphatic rings. The number of carbonyl (C=O) groups excluding carboxylic acids is 1. The minimum atomic E-state index is -1.93. The van der Waals surface area contributed by atoms with Gasteiger partial charge in [-0.15, -0.1) is 0 Å². The summed E-state index contributed by atoms with van der Waals surface area (Å²) in [6.07, 6.45) is 0.262. The molecule has 0 aromatic heterocycles. The summed E-state index contributed by atoms with van der Waals surface area (Å²) >= 11 is 0. The quantitative estimate of drug-likeness (QED) is 0.420. The van der Waals surface area contributed by atoms with E-state index in [-0.39, 0.29) is 18.3 Å². The van der Waals surface area contributed by atoms with E-state index in [1.54, 1.807) is 0 Å². The molecule has 0 rings (SSSR count). The van der Waals surface area contributed by atoms with Crippen LogP contribution in [0.3, 0.4) is 0 Å². The van der Waals surface area contributed by atoms with Gasteiger partial charge in [-0.1, -0.05) is 19.6 Å². The van der Waals surface area contributed by atoms with Gasteiger partial charge in [-0.05, 0) is 39.3 Å². The minimum Gasteiger partial charge on any atom is -0.535 e. The van der Waals surface area contributed by atoms with E-state index < -0.39 is 30.9 Å². The van der Waals surface area contributed by atoms with Gasteiger partial charge in [0, 0.05) is 6.42 Å². The van der Waals surface area contributed by atoms with Gasteiger partial charge in [0.15, 0.2) is 5.90 Å². The van der Waals surface area contributed by atoms with Crippen molar-refractivity contribution in [3.05, 3.63) is 0 Å². The van der Waals surface area contributed by atoms with Crippen molar-refractivity contribution < 1.29 is 13.6 Å². The van der Waals surface area contributed by atoms with Crippen LogP contribution in [-0.4, -0.2) is 42.8 Å². The minimum absolute atomic E-state index is 0.178. The van der Waals surface area contributed by atoms with E-state index in [4.69, 9.17) is 14.3 Å². The number of rotatable bonds is 7. The summed E-state index contributed by atoms with van der Waals surface area (Å²) in [5.74, 6) is -0.0713. The van der Waals surface area contributed by atoms with Crippen LogP contribution in [0.15, 0.2) is 0 Å². The van der Waals surface area contributed by atoms with E-state index in [0.29, 0.717) is 0 Å². The van der Waals surface area contributed by atoms with E-state index in [2.05, 4.69) is 24.6 Å². The van der Waals surface area contributed by atoms with Gasteiger partial charge in [0.1, 0.15) is 14.3 Å². The molecule has 0 aliphatic heterocycles. The second-order valence-electron chi connectivity index (χ2n) is 8.32. The smallest absolute Gasteiger partial charge is 0.309 e. The van der Waals surface area contributed by atoms with Crippen LogP contribution in [0.25, 0.3) is 0 Å². The van der Waals surface area contributed by atoms with Gasteiger partial charge >= 0.3 is 5.97 Å². The first-order valence-corrected chi connectivity index (χ1v) is 17.7. The lowest BCUT2D eigenvalue weighted by molar-refractivity contribution is -0.137. The second-order valence-corrected chi connectivity index (χ2v) is 22.0. The Labute approximate surface area is 132 Å². The average Bonchev–Trinajstić information content (AvgIpc) is 2.07. The molecule has 1 atom stereocenters. The number of hydrogen-bond acceptors (Lipinski definition) is 5. The summed E-state index contributed by atoms with van der Waals surface area (Å²) < 4.78 is 11.3. The summed E-state index contributed by atoms with van der Waals surface area (Å²) in [5, 5.41) is 8.00. The fraction of sp³-hybridized carbons (Fsp3) is 0.846. The maximum Gasteiger partial charge on any atom is 0.309 e. The first kappa shape index (κ1) is 20.6. The highest BCUT2D eigenvalue weighted by atomic mass is 28.4. The molecule has 0 aromatic carbocycles. The standard InChI is InChI=1S/C13H32N2O3Si3/c1-19(2,3)15-11(13(16)18-21(7,8)9)10-12(14)17-20(4,5)6/h11,14-15H,10H2,1-9H3/t11-/m0/s1. The molecule has 0 saturated heterocycles. The molecule has 8 heteroatoms. The van der Waals surface area contributed by atoms with Crippen molar-refractivity contribution in [3.8, 4) is 0 Å². The zero-order valence-corrected chi connectivity index (χ0v) is 18.0. The first-order chi connectivity index (χ1) is 9.09. The highest BCUT2D eigenvalue weighted by molar-refractivity contribution is 6.74.